The molecule has 2 aliphatic heterocycles. The lowest BCUT2D eigenvalue weighted by Gasteiger charge is -2.35. The van der Waals surface area contributed by atoms with Gasteiger partial charge in [-0.15, -0.1) is 0 Å². The molecule has 0 aromatic heterocycles. The van der Waals surface area contributed by atoms with Crippen LogP contribution in [0.15, 0.2) is 24.3 Å². The van der Waals surface area contributed by atoms with E-state index in [1.54, 1.807) is 12.1 Å². The van der Waals surface area contributed by atoms with Crippen molar-refractivity contribution in [2.24, 2.45) is 5.92 Å². The fourth-order valence-electron chi connectivity index (χ4n) is 3.75. The van der Waals surface area contributed by atoms with E-state index in [-0.39, 0.29) is 17.8 Å². The number of urea groups is 1. The standard InChI is InChI=1S/C20H29FN4O2/c1-15-7-12-24(13-8-15)11-2-9-23-20(27)25-14-10-22-19(26)18(25)16-3-5-17(21)6-4-16/h3-6,15,18H,2,7-14H2,1H3,(H,22,26)(H,23,27)/t18-/m1/s1. The van der Waals surface area contributed by atoms with Crippen molar-refractivity contribution in [1.29, 1.82) is 0 Å². The van der Waals surface area contributed by atoms with Gasteiger partial charge in [-0.05, 0) is 62.5 Å². The van der Waals surface area contributed by atoms with Crippen LogP contribution in [0.4, 0.5) is 9.18 Å². The highest BCUT2D eigenvalue weighted by atomic mass is 19.1. The van der Waals surface area contributed by atoms with Crippen LogP contribution in [-0.4, -0.2) is 61.0 Å². The van der Waals surface area contributed by atoms with Crippen LogP contribution in [-0.2, 0) is 4.79 Å². The largest absolute Gasteiger partial charge is 0.352 e. The molecule has 1 aromatic carbocycles. The van der Waals surface area contributed by atoms with Crippen LogP contribution in [0.3, 0.4) is 0 Å². The SMILES string of the molecule is CC1CCN(CCCNC(=O)N2CCNC(=O)[C@H]2c2ccc(F)cc2)CC1. The Bertz CT molecular complexity index is 644. The zero-order valence-electron chi connectivity index (χ0n) is 15.9. The molecule has 2 saturated heterocycles. The van der Waals surface area contributed by atoms with Crippen molar-refractivity contribution in [1.82, 2.24) is 20.4 Å². The number of halogens is 1. The van der Waals surface area contributed by atoms with E-state index in [0.717, 1.165) is 32.0 Å². The number of likely N-dealkylation sites (tertiary alicyclic amines) is 1. The van der Waals surface area contributed by atoms with Gasteiger partial charge in [-0.1, -0.05) is 19.1 Å². The molecule has 3 amide bonds. The quantitative estimate of drug-likeness (QED) is 0.774. The van der Waals surface area contributed by atoms with Crippen LogP contribution in [0.25, 0.3) is 0 Å². The number of carbonyl (C=O) groups excluding carboxylic acids is 2. The number of amides is 3. The first-order valence-electron chi connectivity index (χ1n) is 9.84. The smallest absolute Gasteiger partial charge is 0.318 e. The molecule has 0 radical (unpaired) electrons. The van der Waals surface area contributed by atoms with Crippen LogP contribution in [0, 0.1) is 11.7 Å². The molecule has 148 valence electrons. The van der Waals surface area contributed by atoms with Gasteiger partial charge in [0.05, 0.1) is 0 Å². The third-order valence-corrected chi connectivity index (χ3v) is 5.46. The molecule has 1 aromatic rings. The molecule has 0 aliphatic carbocycles. The first-order valence-corrected chi connectivity index (χ1v) is 9.84. The van der Waals surface area contributed by atoms with E-state index >= 15 is 0 Å². The molecule has 0 saturated carbocycles. The van der Waals surface area contributed by atoms with Gasteiger partial charge >= 0.3 is 6.03 Å². The lowest BCUT2D eigenvalue weighted by Crippen LogP contribution is -2.55. The number of carbonyl (C=O) groups is 2. The van der Waals surface area contributed by atoms with Gasteiger partial charge in [0.2, 0.25) is 5.91 Å². The lowest BCUT2D eigenvalue weighted by atomic mass is 9.99. The monoisotopic (exact) mass is 376 g/mol. The van der Waals surface area contributed by atoms with Crippen LogP contribution >= 0.6 is 0 Å². The third-order valence-electron chi connectivity index (χ3n) is 5.46. The van der Waals surface area contributed by atoms with Crippen LogP contribution in [0.1, 0.15) is 37.8 Å². The maximum Gasteiger partial charge on any atom is 0.318 e. The highest BCUT2D eigenvalue weighted by Gasteiger charge is 2.34. The fraction of sp³-hybridized carbons (Fsp3) is 0.600. The molecule has 6 nitrogen and oxygen atoms in total. The molecule has 2 fully saturated rings. The Hall–Kier alpha value is -2.15. The minimum absolute atomic E-state index is 0.231. The molecule has 7 heteroatoms. The topological polar surface area (TPSA) is 64.7 Å². The van der Waals surface area contributed by atoms with E-state index < -0.39 is 6.04 Å². The van der Waals surface area contributed by atoms with Gasteiger partial charge in [0.1, 0.15) is 11.9 Å². The van der Waals surface area contributed by atoms with Gasteiger partial charge in [0, 0.05) is 19.6 Å². The third kappa shape index (κ3) is 5.19. The number of hydrogen-bond acceptors (Lipinski definition) is 3. The fourth-order valence-corrected chi connectivity index (χ4v) is 3.75. The highest BCUT2D eigenvalue weighted by molar-refractivity contribution is 5.89. The maximum absolute atomic E-state index is 13.2. The summed E-state index contributed by atoms with van der Waals surface area (Å²) in [6.45, 7) is 6.99. The molecule has 0 bridgehead atoms. The first-order chi connectivity index (χ1) is 13.0. The summed E-state index contributed by atoms with van der Waals surface area (Å²) >= 11 is 0. The molecule has 3 rings (SSSR count). The van der Waals surface area contributed by atoms with Crippen molar-refractivity contribution in [3.63, 3.8) is 0 Å². The number of piperazine rings is 1. The average Bonchev–Trinajstić information content (AvgIpc) is 2.67. The van der Waals surface area contributed by atoms with E-state index in [4.69, 9.17) is 0 Å². The molecule has 0 unspecified atom stereocenters. The molecule has 2 heterocycles. The van der Waals surface area contributed by atoms with E-state index in [2.05, 4.69) is 22.5 Å². The summed E-state index contributed by atoms with van der Waals surface area (Å²) < 4.78 is 13.2. The Morgan fingerprint density at radius 1 is 1.22 bits per heavy atom. The second-order valence-electron chi connectivity index (χ2n) is 7.55. The van der Waals surface area contributed by atoms with Crippen molar-refractivity contribution in [2.75, 3.05) is 39.3 Å². The number of benzene rings is 1. The Balaban J connectivity index is 1.51. The second-order valence-corrected chi connectivity index (χ2v) is 7.55. The normalized spacial score (nSPS) is 21.8. The van der Waals surface area contributed by atoms with Crippen LogP contribution in [0.2, 0.25) is 0 Å². The van der Waals surface area contributed by atoms with Gasteiger partial charge in [-0.2, -0.15) is 0 Å². The Morgan fingerprint density at radius 3 is 2.63 bits per heavy atom. The summed E-state index contributed by atoms with van der Waals surface area (Å²) in [5.74, 6) is 0.220. The van der Waals surface area contributed by atoms with Gasteiger partial charge < -0.3 is 20.4 Å². The molecule has 2 aliphatic rings. The first kappa shape index (κ1) is 19.6. The molecule has 27 heavy (non-hydrogen) atoms. The molecule has 0 spiro atoms. The molecular formula is C20H29FN4O2. The number of hydrogen-bond donors (Lipinski definition) is 2. The van der Waals surface area contributed by atoms with E-state index in [0.29, 0.717) is 25.2 Å². The van der Waals surface area contributed by atoms with E-state index in [1.807, 2.05) is 0 Å². The van der Waals surface area contributed by atoms with Crippen molar-refractivity contribution < 1.29 is 14.0 Å². The number of rotatable bonds is 5. The van der Waals surface area contributed by atoms with Gasteiger partial charge in [0.25, 0.3) is 0 Å². The van der Waals surface area contributed by atoms with Crippen LogP contribution in [0.5, 0.6) is 0 Å². The Kier molecular flexibility index (Phi) is 6.66. The van der Waals surface area contributed by atoms with Crippen molar-refractivity contribution in [3.8, 4) is 0 Å². The van der Waals surface area contributed by atoms with Gasteiger partial charge in [-0.3, -0.25) is 4.79 Å². The second kappa shape index (κ2) is 9.17. The zero-order chi connectivity index (χ0) is 19.2. The van der Waals surface area contributed by atoms with E-state index in [9.17, 15) is 14.0 Å². The van der Waals surface area contributed by atoms with Gasteiger partial charge in [0.15, 0.2) is 0 Å². The number of nitrogens with zero attached hydrogens (tertiary/aromatic N) is 2. The number of nitrogens with one attached hydrogen (secondary N) is 2. The summed E-state index contributed by atoms with van der Waals surface area (Å²) in [6, 6.07) is 4.78. The summed E-state index contributed by atoms with van der Waals surface area (Å²) in [7, 11) is 0. The average molecular weight is 376 g/mol. The predicted molar refractivity (Wildman–Crippen MR) is 102 cm³/mol. The summed E-state index contributed by atoms with van der Waals surface area (Å²) in [6.07, 6.45) is 3.38. The van der Waals surface area contributed by atoms with Crippen molar-refractivity contribution in [3.05, 3.63) is 35.6 Å². The molecule has 1 atom stereocenters. The Labute approximate surface area is 160 Å². The Morgan fingerprint density at radius 2 is 1.93 bits per heavy atom. The summed E-state index contributed by atoms with van der Waals surface area (Å²) in [5, 5.41) is 5.72. The zero-order valence-corrected chi connectivity index (χ0v) is 15.9. The summed E-state index contributed by atoms with van der Waals surface area (Å²) in [5.41, 5.74) is 0.617. The highest BCUT2D eigenvalue weighted by Crippen LogP contribution is 2.23. The molecule has 2 N–H and O–H groups in total. The van der Waals surface area contributed by atoms with Gasteiger partial charge in [-0.25, -0.2) is 9.18 Å². The van der Waals surface area contributed by atoms with E-state index in [1.165, 1.54) is 29.9 Å². The van der Waals surface area contributed by atoms with Crippen molar-refractivity contribution >= 4 is 11.9 Å². The number of piperidine rings is 1. The maximum atomic E-state index is 13.2. The minimum atomic E-state index is -0.720. The molecular weight excluding hydrogens is 347 g/mol. The minimum Gasteiger partial charge on any atom is -0.352 e. The van der Waals surface area contributed by atoms with Crippen LogP contribution < -0.4 is 10.6 Å². The predicted octanol–water partition coefficient (Wildman–Crippen LogP) is 2.13. The lowest BCUT2D eigenvalue weighted by molar-refractivity contribution is -0.127. The van der Waals surface area contributed by atoms with Crippen molar-refractivity contribution in [2.45, 2.75) is 32.2 Å². The summed E-state index contributed by atoms with van der Waals surface area (Å²) in [4.78, 5) is 28.9.